The second kappa shape index (κ2) is 5.60. The van der Waals surface area contributed by atoms with Crippen molar-refractivity contribution < 1.29 is 4.79 Å². The fourth-order valence-electron chi connectivity index (χ4n) is 2.30. The maximum Gasteiger partial charge on any atom is 0.261 e. The van der Waals surface area contributed by atoms with Gasteiger partial charge < -0.3 is 4.90 Å². The number of halogens is 1. The molecule has 0 N–H and O–H groups in total. The summed E-state index contributed by atoms with van der Waals surface area (Å²) in [5.74, 6) is 0.585. The van der Waals surface area contributed by atoms with Crippen molar-refractivity contribution >= 4 is 32.7 Å². The molecule has 1 fully saturated rings. The van der Waals surface area contributed by atoms with Crippen LogP contribution in [0.3, 0.4) is 0 Å². The highest BCUT2D eigenvalue weighted by atomic mass is 79.9. The van der Waals surface area contributed by atoms with E-state index in [-0.39, 0.29) is 18.0 Å². The SMILES string of the molecule is CN(CC1CC1)C(=O)Cn1cnc2ccc(Br)cc2c1=O. The second-order valence-corrected chi connectivity index (χ2v) is 6.47. The van der Waals surface area contributed by atoms with Crippen LogP contribution in [0.2, 0.25) is 0 Å². The quantitative estimate of drug-likeness (QED) is 0.848. The Labute approximate surface area is 130 Å². The number of nitrogens with zero attached hydrogens (tertiary/aromatic N) is 3. The average Bonchev–Trinajstić information content (AvgIpc) is 3.26. The van der Waals surface area contributed by atoms with Crippen molar-refractivity contribution in [1.82, 2.24) is 14.5 Å². The molecule has 0 atom stereocenters. The van der Waals surface area contributed by atoms with Crippen molar-refractivity contribution in [2.75, 3.05) is 13.6 Å². The van der Waals surface area contributed by atoms with Gasteiger partial charge >= 0.3 is 0 Å². The first-order chi connectivity index (χ1) is 10.0. The largest absolute Gasteiger partial charge is 0.344 e. The topological polar surface area (TPSA) is 55.2 Å². The van der Waals surface area contributed by atoms with E-state index in [1.54, 1.807) is 24.1 Å². The van der Waals surface area contributed by atoms with E-state index in [2.05, 4.69) is 20.9 Å². The normalized spacial score (nSPS) is 14.4. The van der Waals surface area contributed by atoms with Gasteiger partial charge in [0.1, 0.15) is 6.54 Å². The number of hydrogen-bond acceptors (Lipinski definition) is 3. The van der Waals surface area contributed by atoms with Crippen molar-refractivity contribution in [3.63, 3.8) is 0 Å². The van der Waals surface area contributed by atoms with Gasteiger partial charge in [-0.25, -0.2) is 4.98 Å². The fourth-order valence-corrected chi connectivity index (χ4v) is 2.66. The standard InChI is InChI=1S/C15H16BrN3O2/c1-18(7-10-2-3-10)14(20)8-19-9-17-13-5-4-11(16)6-12(13)15(19)21/h4-6,9-10H,2-3,7-8H2,1H3. The van der Waals surface area contributed by atoms with E-state index in [9.17, 15) is 9.59 Å². The maximum atomic E-state index is 12.4. The Hall–Kier alpha value is -1.69. The van der Waals surface area contributed by atoms with E-state index in [1.165, 1.54) is 23.7 Å². The van der Waals surface area contributed by atoms with E-state index in [4.69, 9.17) is 0 Å². The van der Waals surface area contributed by atoms with E-state index < -0.39 is 0 Å². The summed E-state index contributed by atoms with van der Waals surface area (Å²) in [5, 5.41) is 0.518. The van der Waals surface area contributed by atoms with Crippen LogP contribution in [0.25, 0.3) is 10.9 Å². The molecule has 0 bridgehead atoms. The molecule has 1 aliphatic rings. The molecule has 0 radical (unpaired) electrons. The van der Waals surface area contributed by atoms with E-state index >= 15 is 0 Å². The highest BCUT2D eigenvalue weighted by Crippen LogP contribution is 2.29. The fraction of sp³-hybridized carbons (Fsp3) is 0.400. The Morgan fingerprint density at radius 1 is 1.48 bits per heavy atom. The summed E-state index contributed by atoms with van der Waals surface area (Å²) in [5.41, 5.74) is 0.452. The number of hydrogen-bond donors (Lipinski definition) is 0. The third-order valence-electron chi connectivity index (χ3n) is 3.75. The van der Waals surface area contributed by atoms with Gasteiger partial charge in [-0.2, -0.15) is 0 Å². The number of fused-ring (bicyclic) bond motifs is 1. The van der Waals surface area contributed by atoms with Gasteiger partial charge in [-0.1, -0.05) is 15.9 Å². The van der Waals surface area contributed by atoms with Crippen molar-refractivity contribution in [2.24, 2.45) is 5.92 Å². The predicted molar refractivity (Wildman–Crippen MR) is 84.1 cm³/mol. The third-order valence-corrected chi connectivity index (χ3v) is 4.24. The van der Waals surface area contributed by atoms with E-state index in [0.29, 0.717) is 16.8 Å². The zero-order chi connectivity index (χ0) is 15.0. The minimum Gasteiger partial charge on any atom is -0.344 e. The molecule has 3 rings (SSSR count). The predicted octanol–water partition coefficient (Wildman–Crippen LogP) is 2.03. The number of amides is 1. The number of carbonyl (C=O) groups is 1. The van der Waals surface area contributed by atoms with Crippen LogP contribution >= 0.6 is 15.9 Å². The van der Waals surface area contributed by atoms with Crippen LogP contribution < -0.4 is 5.56 Å². The van der Waals surface area contributed by atoms with Gasteiger partial charge in [0.25, 0.3) is 5.56 Å². The number of carbonyl (C=O) groups excluding carboxylic acids is 1. The van der Waals surface area contributed by atoms with Gasteiger partial charge in [-0.3, -0.25) is 14.2 Å². The second-order valence-electron chi connectivity index (χ2n) is 5.56. The van der Waals surface area contributed by atoms with Crippen LogP contribution in [0.15, 0.2) is 33.8 Å². The van der Waals surface area contributed by atoms with Crippen LogP contribution in [0.5, 0.6) is 0 Å². The summed E-state index contributed by atoms with van der Waals surface area (Å²) >= 11 is 3.35. The average molecular weight is 350 g/mol. The molecule has 0 aliphatic heterocycles. The Bertz CT molecular complexity index is 752. The summed E-state index contributed by atoms with van der Waals surface area (Å²) in [6.07, 6.45) is 3.84. The highest BCUT2D eigenvalue weighted by molar-refractivity contribution is 9.10. The molecule has 0 spiro atoms. The number of aromatic nitrogens is 2. The zero-order valence-corrected chi connectivity index (χ0v) is 13.3. The van der Waals surface area contributed by atoms with Crippen molar-refractivity contribution in [3.05, 3.63) is 39.4 Å². The molecule has 5 nitrogen and oxygen atoms in total. The van der Waals surface area contributed by atoms with Crippen LogP contribution in [0, 0.1) is 5.92 Å². The third kappa shape index (κ3) is 3.15. The highest BCUT2D eigenvalue weighted by Gasteiger charge is 2.25. The summed E-state index contributed by atoms with van der Waals surface area (Å²) in [6.45, 7) is 0.817. The summed E-state index contributed by atoms with van der Waals surface area (Å²) in [7, 11) is 1.79. The van der Waals surface area contributed by atoms with Crippen LogP contribution in [0.4, 0.5) is 0 Å². The molecule has 1 aromatic heterocycles. The Morgan fingerprint density at radius 2 is 2.24 bits per heavy atom. The van der Waals surface area contributed by atoms with Gasteiger partial charge in [-0.15, -0.1) is 0 Å². The molecule has 1 heterocycles. The zero-order valence-electron chi connectivity index (χ0n) is 11.8. The lowest BCUT2D eigenvalue weighted by Crippen LogP contribution is -2.35. The van der Waals surface area contributed by atoms with E-state index in [0.717, 1.165) is 11.0 Å². The molecule has 1 aromatic carbocycles. The van der Waals surface area contributed by atoms with Gasteiger partial charge in [0, 0.05) is 18.1 Å². The molecule has 21 heavy (non-hydrogen) atoms. The summed E-state index contributed by atoms with van der Waals surface area (Å²) in [6, 6.07) is 5.36. The molecule has 6 heteroatoms. The van der Waals surface area contributed by atoms with Crippen LogP contribution in [-0.2, 0) is 11.3 Å². The van der Waals surface area contributed by atoms with Crippen molar-refractivity contribution in [3.8, 4) is 0 Å². The summed E-state index contributed by atoms with van der Waals surface area (Å²) in [4.78, 5) is 30.5. The van der Waals surface area contributed by atoms with Gasteiger partial charge in [0.05, 0.1) is 17.2 Å². The molecular weight excluding hydrogens is 334 g/mol. The molecule has 0 saturated heterocycles. The maximum absolute atomic E-state index is 12.4. The lowest BCUT2D eigenvalue weighted by Gasteiger charge is -2.17. The Morgan fingerprint density at radius 3 is 2.95 bits per heavy atom. The molecule has 2 aromatic rings. The number of benzene rings is 1. The smallest absolute Gasteiger partial charge is 0.261 e. The number of likely N-dealkylation sites (N-methyl/N-ethyl adjacent to an activating group) is 1. The lowest BCUT2D eigenvalue weighted by molar-refractivity contribution is -0.130. The van der Waals surface area contributed by atoms with E-state index in [1.807, 2.05) is 6.07 Å². The molecular formula is C15H16BrN3O2. The molecule has 0 unspecified atom stereocenters. The first-order valence-corrected chi connectivity index (χ1v) is 7.72. The lowest BCUT2D eigenvalue weighted by atomic mass is 10.2. The van der Waals surface area contributed by atoms with Crippen molar-refractivity contribution in [1.29, 1.82) is 0 Å². The van der Waals surface area contributed by atoms with Crippen LogP contribution in [-0.4, -0.2) is 34.0 Å². The Balaban J connectivity index is 1.84. The monoisotopic (exact) mass is 349 g/mol. The Kier molecular flexibility index (Phi) is 3.80. The number of rotatable bonds is 4. The summed E-state index contributed by atoms with van der Waals surface area (Å²) < 4.78 is 2.20. The first-order valence-electron chi connectivity index (χ1n) is 6.93. The van der Waals surface area contributed by atoms with Gasteiger partial charge in [-0.05, 0) is 37.0 Å². The minimum atomic E-state index is -0.186. The van der Waals surface area contributed by atoms with Gasteiger partial charge in [0.15, 0.2) is 0 Å². The molecule has 1 saturated carbocycles. The molecule has 1 aliphatic carbocycles. The molecule has 1 amide bonds. The first kappa shape index (κ1) is 14.3. The van der Waals surface area contributed by atoms with Gasteiger partial charge in [0.2, 0.25) is 5.91 Å². The minimum absolute atomic E-state index is 0.0392. The van der Waals surface area contributed by atoms with Crippen LogP contribution in [0.1, 0.15) is 12.8 Å². The van der Waals surface area contributed by atoms with Crippen molar-refractivity contribution in [2.45, 2.75) is 19.4 Å². The molecule has 110 valence electrons.